The van der Waals surface area contributed by atoms with E-state index in [9.17, 15) is 4.79 Å². The number of methoxy groups -OCH3 is 2. The summed E-state index contributed by atoms with van der Waals surface area (Å²) in [4.78, 5) is 11.7. The number of allylic oxidation sites excluding steroid dienone is 1. The number of benzene rings is 1. The molecule has 0 aromatic heterocycles. The van der Waals surface area contributed by atoms with Gasteiger partial charge in [0.1, 0.15) is 0 Å². The molecule has 0 bridgehead atoms. The van der Waals surface area contributed by atoms with Gasteiger partial charge < -0.3 is 18.9 Å². The predicted octanol–water partition coefficient (Wildman–Crippen LogP) is 2.51. The summed E-state index contributed by atoms with van der Waals surface area (Å²) in [5.41, 5.74) is 1.82. The van der Waals surface area contributed by atoms with Gasteiger partial charge in [0.05, 0.1) is 4.48 Å². The van der Waals surface area contributed by atoms with Crippen molar-refractivity contribution in [1.82, 2.24) is 0 Å². The largest absolute Gasteiger partial charge is 0.464 e. The van der Waals surface area contributed by atoms with Crippen molar-refractivity contribution in [3.8, 4) is 11.5 Å². The fourth-order valence-corrected chi connectivity index (χ4v) is 2.24. The van der Waals surface area contributed by atoms with E-state index in [1.165, 1.54) is 7.11 Å². The molecule has 0 heterocycles. The summed E-state index contributed by atoms with van der Waals surface area (Å²) in [7, 11) is 3.08. The van der Waals surface area contributed by atoms with E-state index in [1.807, 2.05) is 6.07 Å². The Balaban J connectivity index is 2.35. The fraction of sp³-hybridized carbons (Fsp3) is 0.357. The number of hydrogen-bond donors (Lipinski definition) is 0. The third-order valence-electron chi connectivity index (χ3n) is 2.77. The summed E-state index contributed by atoms with van der Waals surface area (Å²) in [6.07, 6.45) is 2.11. The summed E-state index contributed by atoms with van der Waals surface area (Å²) in [5.74, 6) is 1.12. The summed E-state index contributed by atoms with van der Waals surface area (Å²) >= 11 is 3.26. The zero-order valence-corrected chi connectivity index (χ0v) is 12.9. The number of carbonyl (C=O) groups excluding carboxylic acids is 1. The minimum absolute atomic E-state index is 0.0424. The monoisotopic (exact) mass is 342 g/mol. The molecule has 0 unspecified atom stereocenters. The van der Waals surface area contributed by atoms with Crippen LogP contribution in [0.2, 0.25) is 0 Å². The van der Waals surface area contributed by atoms with E-state index < -0.39 is 0 Å². The zero-order valence-electron chi connectivity index (χ0n) is 11.3. The highest BCUT2D eigenvalue weighted by Gasteiger charge is 2.20. The number of ether oxygens (including phenoxy) is 4. The SMILES string of the molecule is COCOc1cc2c(cc1OCOC)CC(=O)C(Br)=C2. The Kier molecular flexibility index (Phi) is 5.17. The molecule has 1 aliphatic carbocycles. The predicted molar refractivity (Wildman–Crippen MR) is 77.1 cm³/mol. The highest BCUT2D eigenvalue weighted by Crippen LogP contribution is 2.35. The maximum atomic E-state index is 11.7. The van der Waals surface area contributed by atoms with Crippen LogP contribution in [0.4, 0.5) is 0 Å². The topological polar surface area (TPSA) is 54.0 Å². The average Bonchev–Trinajstić information content (AvgIpc) is 2.44. The lowest BCUT2D eigenvalue weighted by Gasteiger charge is -2.17. The Bertz CT molecular complexity index is 539. The number of fused-ring (bicyclic) bond motifs is 1. The molecular formula is C14H15BrO5. The standard InChI is InChI=1S/C14H15BrO5/c1-17-7-19-13-5-9-3-11(15)12(16)4-10(9)6-14(13)20-8-18-2/h3,5-6H,4,7-8H2,1-2H3. The van der Waals surface area contributed by atoms with Crippen LogP contribution in [0.25, 0.3) is 6.08 Å². The second-order valence-corrected chi connectivity index (χ2v) is 5.05. The van der Waals surface area contributed by atoms with Gasteiger partial charge in [0.25, 0.3) is 0 Å². The van der Waals surface area contributed by atoms with E-state index in [0.717, 1.165) is 11.1 Å². The van der Waals surface area contributed by atoms with Crippen LogP contribution in [0.3, 0.4) is 0 Å². The van der Waals surface area contributed by atoms with Crippen molar-refractivity contribution in [2.45, 2.75) is 6.42 Å². The molecule has 2 rings (SSSR count). The molecular weight excluding hydrogens is 328 g/mol. The molecule has 0 spiro atoms. The molecule has 0 aliphatic heterocycles. The number of Topliss-reactive ketones (excluding diaryl/α,β-unsaturated/α-hetero) is 1. The Hall–Kier alpha value is -1.37. The van der Waals surface area contributed by atoms with Gasteiger partial charge in [-0.3, -0.25) is 4.79 Å². The molecule has 6 heteroatoms. The molecule has 0 radical (unpaired) electrons. The van der Waals surface area contributed by atoms with E-state index in [4.69, 9.17) is 18.9 Å². The minimum atomic E-state index is 0.0424. The van der Waals surface area contributed by atoms with E-state index in [1.54, 1.807) is 19.3 Å². The van der Waals surface area contributed by atoms with Crippen molar-refractivity contribution in [3.63, 3.8) is 0 Å². The molecule has 0 saturated heterocycles. The summed E-state index contributed by atoms with van der Waals surface area (Å²) in [6, 6.07) is 3.63. The van der Waals surface area contributed by atoms with Crippen molar-refractivity contribution in [1.29, 1.82) is 0 Å². The van der Waals surface area contributed by atoms with Gasteiger partial charge in [0, 0.05) is 20.6 Å². The number of hydrogen-bond acceptors (Lipinski definition) is 5. The number of carbonyl (C=O) groups is 1. The summed E-state index contributed by atoms with van der Waals surface area (Å²) in [5, 5.41) is 0. The second kappa shape index (κ2) is 6.88. The van der Waals surface area contributed by atoms with Crippen LogP contribution in [0.1, 0.15) is 11.1 Å². The lowest BCUT2D eigenvalue weighted by atomic mass is 9.96. The maximum absolute atomic E-state index is 11.7. The molecule has 20 heavy (non-hydrogen) atoms. The molecule has 1 aromatic carbocycles. The number of halogens is 1. The van der Waals surface area contributed by atoms with Crippen LogP contribution in [0.5, 0.6) is 11.5 Å². The Morgan fingerprint density at radius 2 is 1.70 bits per heavy atom. The molecule has 1 aromatic rings. The van der Waals surface area contributed by atoms with Gasteiger partial charge in [0.2, 0.25) is 0 Å². The Morgan fingerprint density at radius 3 is 2.30 bits per heavy atom. The first kappa shape index (κ1) is 15.0. The van der Waals surface area contributed by atoms with Gasteiger partial charge in [-0.2, -0.15) is 0 Å². The van der Waals surface area contributed by atoms with Crippen molar-refractivity contribution < 1.29 is 23.7 Å². The number of rotatable bonds is 6. The van der Waals surface area contributed by atoms with Crippen LogP contribution in [0.15, 0.2) is 16.6 Å². The molecule has 5 nitrogen and oxygen atoms in total. The van der Waals surface area contributed by atoms with E-state index in [2.05, 4.69) is 15.9 Å². The maximum Gasteiger partial charge on any atom is 0.188 e. The molecule has 1 aliphatic rings. The van der Waals surface area contributed by atoms with Gasteiger partial charge >= 0.3 is 0 Å². The van der Waals surface area contributed by atoms with E-state index in [-0.39, 0.29) is 19.4 Å². The van der Waals surface area contributed by atoms with Crippen molar-refractivity contribution >= 4 is 27.8 Å². The van der Waals surface area contributed by atoms with Crippen LogP contribution in [-0.4, -0.2) is 33.6 Å². The quantitative estimate of drug-likeness (QED) is 0.743. The lowest BCUT2D eigenvalue weighted by molar-refractivity contribution is -0.114. The first-order valence-corrected chi connectivity index (χ1v) is 6.75. The zero-order chi connectivity index (χ0) is 14.5. The van der Waals surface area contributed by atoms with E-state index in [0.29, 0.717) is 22.4 Å². The van der Waals surface area contributed by atoms with Crippen molar-refractivity contribution in [2.75, 3.05) is 27.8 Å². The lowest BCUT2D eigenvalue weighted by Crippen LogP contribution is -2.11. The van der Waals surface area contributed by atoms with Crippen LogP contribution in [-0.2, 0) is 20.7 Å². The highest BCUT2D eigenvalue weighted by molar-refractivity contribution is 9.12. The minimum Gasteiger partial charge on any atom is -0.464 e. The van der Waals surface area contributed by atoms with Crippen molar-refractivity contribution in [3.05, 3.63) is 27.7 Å². The van der Waals surface area contributed by atoms with Crippen LogP contribution >= 0.6 is 15.9 Å². The normalized spacial score (nSPS) is 13.8. The Morgan fingerprint density at radius 1 is 1.10 bits per heavy atom. The van der Waals surface area contributed by atoms with Gasteiger partial charge in [-0.15, -0.1) is 0 Å². The first-order chi connectivity index (χ1) is 9.65. The van der Waals surface area contributed by atoms with E-state index >= 15 is 0 Å². The summed E-state index contributed by atoms with van der Waals surface area (Å²) < 4.78 is 21.3. The third-order valence-corrected chi connectivity index (χ3v) is 3.44. The van der Waals surface area contributed by atoms with Crippen LogP contribution in [0, 0.1) is 0 Å². The molecule has 0 amide bonds. The number of ketones is 1. The molecule has 0 N–H and O–H groups in total. The van der Waals surface area contributed by atoms with Gasteiger partial charge in [-0.25, -0.2) is 0 Å². The molecule has 0 saturated carbocycles. The second-order valence-electron chi connectivity index (χ2n) is 4.19. The van der Waals surface area contributed by atoms with Crippen LogP contribution < -0.4 is 9.47 Å². The van der Waals surface area contributed by atoms with Crippen molar-refractivity contribution in [2.24, 2.45) is 0 Å². The molecule has 0 atom stereocenters. The summed E-state index contributed by atoms with van der Waals surface area (Å²) in [6.45, 7) is 0.224. The van der Waals surface area contributed by atoms with Gasteiger partial charge in [-0.05, 0) is 45.3 Å². The Labute approximate surface area is 125 Å². The smallest absolute Gasteiger partial charge is 0.188 e. The van der Waals surface area contributed by atoms with Gasteiger partial charge in [-0.1, -0.05) is 0 Å². The average molecular weight is 343 g/mol. The molecule has 0 fully saturated rings. The highest BCUT2D eigenvalue weighted by atomic mass is 79.9. The molecule has 108 valence electrons. The fourth-order valence-electron chi connectivity index (χ4n) is 1.85. The third kappa shape index (κ3) is 3.39. The van der Waals surface area contributed by atoms with Gasteiger partial charge in [0.15, 0.2) is 30.9 Å². The first-order valence-electron chi connectivity index (χ1n) is 5.96.